The maximum Gasteiger partial charge on any atom is 0.0950 e. The fourth-order valence-electron chi connectivity index (χ4n) is 1.43. The molecule has 0 aliphatic rings. The van der Waals surface area contributed by atoms with Crippen LogP contribution in [0.3, 0.4) is 0 Å². The molecule has 0 fully saturated rings. The number of nitrogens with one attached hydrogen (secondary N) is 1. The maximum absolute atomic E-state index is 4.14. The van der Waals surface area contributed by atoms with Gasteiger partial charge >= 0.3 is 0 Å². The van der Waals surface area contributed by atoms with Crippen molar-refractivity contribution in [3.63, 3.8) is 0 Å². The Hall–Kier alpha value is -1.09. The quantitative estimate of drug-likeness (QED) is 0.774. The molecule has 1 heterocycles. The molecule has 0 aromatic carbocycles. The van der Waals surface area contributed by atoms with Gasteiger partial charge in [-0.2, -0.15) is 0 Å². The lowest BCUT2D eigenvalue weighted by Crippen LogP contribution is -2.10. The first-order valence-corrected chi connectivity index (χ1v) is 5.16. The lowest BCUT2D eigenvalue weighted by atomic mass is 10.1. The molecule has 0 saturated carbocycles. The summed E-state index contributed by atoms with van der Waals surface area (Å²) in [5.74, 6) is 0. The second-order valence-electron chi connectivity index (χ2n) is 3.29. The molecule has 0 radical (unpaired) electrons. The van der Waals surface area contributed by atoms with Gasteiger partial charge in [-0.05, 0) is 26.5 Å². The van der Waals surface area contributed by atoms with Gasteiger partial charge < -0.3 is 9.88 Å². The van der Waals surface area contributed by atoms with E-state index in [-0.39, 0.29) is 0 Å². The van der Waals surface area contributed by atoms with Crippen LogP contribution in [0.1, 0.15) is 26.0 Å². The van der Waals surface area contributed by atoms with Crippen molar-refractivity contribution in [2.75, 3.05) is 13.6 Å². The van der Waals surface area contributed by atoms with Crippen LogP contribution in [0.15, 0.2) is 18.1 Å². The highest BCUT2D eigenvalue weighted by Gasteiger charge is 1.98. The molecule has 0 atom stereocenters. The zero-order valence-corrected chi connectivity index (χ0v) is 9.25. The molecule has 0 unspecified atom stereocenters. The zero-order valence-electron chi connectivity index (χ0n) is 9.25. The molecule has 1 N–H and O–H groups in total. The fourth-order valence-corrected chi connectivity index (χ4v) is 1.43. The summed E-state index contributed by atoms with van der Waals surface area (Å²) in [7, 11) is 1.97. The first-order valence-electron chi connectivity index (χ1n) is 5.16. The van der Waals surface area contributed by atoms with Crippen LogP contribution in [0, 0.1) is 0 Å². The minimum absolute atomic E-state index is 0.950. The van der Waals surface area contributed by atoms with Crippen molar-refractivity contribution < 1.29 is 0 Å². The van der Waals surface area contributed by atoms with Crippen LogP contribution < -0.4 is 5.32 Å². The number of likely N-dealkylation sites (N-methyl/N-ethyl adjacent to an activating group) is 1. The number of aromatic nitrogens is 2. The zero-order chi connectivity index (χ0) is 10.4. The van der Waals surface area contributed by atoms with E-state index in [1.807, 2.05) is 19.6 Å². The fraction of sp³-hybridized carbons (Fsp3) is 0.545. The Balaban J connectivity index is 2.82. The van der Waals surface area contributed by atoms with Crippen LogP contribution in [0.2, 0.25) is 0 Å². The second kappa shape index (κ2) is 5.60. The maximum atomic E-state index is 4.14. The predicted molar refractivity (Wildman–Crippen MR) is 60.1 cm³/mol. The van der Waals surface area contributed by atoms with Gasteiger partial charge in [-0.15, -0.1) is 0 Å². The first kappa shape index (κ1) is 11.0. The van der Waals surface area contributed by atoms with Gasteiger partial charge in [0.05, 0.1) is 18.2 Å². The molecule has 0 spiro atoms. The van der Waals surface area contributed by atoms with Crippen LogP contribution in [0.5, 0.6) is 0 Å². The summed E-state index contributed by atoms with van der Waals surface area (Å²) >= 11 is 0. The van der Waals surface area contributed by atoms with Gasteiger partial charge in [-0.1, -0.05) is 12.5 Å². The van der Waals surface area contributed by atoms with Gasteiger partial charge in [0.2, 0.25) is 0 Å². The van der Waals surface area contributed by atoms with Crippen molar-refractivity contribution in [2.24, 2.45) is 0 Å². The molecule has 3 nitrogen and oxygen atoms in total. The molecule has 0 bridgehead atoms. The summed E-state index contributed by atoms with van der Waals surface area (Å²) in [4.78, 5) is 4.14. The van der Waals surface area contributed by atoms with E-state index in [2.05, 4.69) is 34.8 Å². The van der Waals surface area contributed by atoms with E-state index in [1.165, 1.54) is 11.3 Å². The summed E-state index contributed by atoms with van der Waals surface area (Å²) in [6, 6.07) is 0. The minimum atomic E-state index is 0.950. The van der Waals surface area contributed by atoms with Gasteiger partial charge in [0.15, 0.2) is 0 Å². The number of nitrogens with zero attached hydrogens (tertiary/aromatic N) is 2. The summed E-state index contributed by atoms with van der Waals surface area (Å²) in [5.41, 5.74) is 2.60. The predicted octanol–water partition coefficient (Wildman–Crippen LogP) is 1.92. The van der Waals surface area contributed by atoms with Crippen LogP contribution in [0.25, 0.3) is 6.08 Å². The van der Waals surface area contributed by atoms with Crippen molar-refractivity contribution in [2.45, 2.75) is 26.8 Å². The van der Waals surface area contributed by atoms with E-state index >= 15 is 0 Å². The molecule has 1 aromatic rings. The first-order chi connectivity index (χ1) is 6.81. The van der Waals surface area contributed by atoms with Gasteiger partial charge in [-0.3, -0.25) is 0 Å². The normalized spacial score (nSPS) is 12.1. The van der Waals surface area contributed by atoms with Gasteiger partial charge in [0.25, 0.3) is 0 Å². The van der Waals surface area contributed by atoms with Crippen LogP contribution >= 0.6 is 0 Å². The van der Waals surface area contributed by atoms with Crippen molar-refractivity contribution >= 4 is 6.08 Å². The molecular weight excluding hydrogens is 174 g/mol. The Morgan fingerprint density at radius 2 is 2.36 bits per heavy atom. The lowest BCUT2D eigenvalue weighted by molar-refractivity contribution is 0.752. The summed E-state index contributed by atoms with van der Waals surface area (Å²) < 4.78 is 2.14. The number of hydrogen-bond acceptors (Lipinski definition) is 2. The third-order valence-electron chi connectivity index (χ3n) is 2.30. The molecule has 1 rings (SSSR count). The van der Waals surface area contributed by atoms with Crippen molar-refractivity contribution in [3.8, 4) is 0 Å². The van der Waals surface area contributed by atoms with Gasteiger partial charge in [0.1, 0.15) is 0 Å². The largest absolute Gasteiger partial charge is 0.331 e. The van der Waals surface area contributed by atoms with E-state index in [4.69, 9.17) is 0 Å². The molecule has 0 aliphatic heterocycles. The van der Waals surface area contributed by atoms with Crippen LogP contribution in [-0.4, -0.2) is 23.1 Å². The number of aryl methyl sites for hydroxylation is 1. The SMILES string of the molecule is CCC(=Cc1cncn1CC)CNC. The summed E-state index contributed by atoms with van der Waals surface area (Å²) in [6.07, 6.45) is 7.08. The third-order valence-corrected chi connectivity index (χ3v) is 2.30. The van der Waals surface area contributed by atoms with E-state index in [0.29, 0.717) is 0 Å². The highest BCUT2D eigenvalue weighted by molar-refractivity contribution is 5.48. The standard InChI is InChI=1S/C11H19N3/c1-4-10(7-12-3)6-11-8-13-9-14(11)5-2/h6,8-9,12H,4-5,7H2,1-3H3. The molecule has 0 amide bonds. The smallest absolute Gasteiger partial charge is 0.0950 e. The second-order valence-corrected chi connectivity index (χ2v) is 3.29. The highest BCUT2D eigenvalue weighted by atomic mass is 15.0. The van der Waals surface area contributed by atoms with Crippen molar-refractivity contribution in [3.05, 3.63) is 23.8 Å². The number of imidazole rings is 1. The molecular formula is C11H19N3. The Morgan fingerprint density at radius 1 is 1.57 bits per heavy atom. The van der Waals surface area contributed by atoms with Gasteiger partial charge in [-0.25, -0.2) is 4.98 Å². The summed E-state index contributed by atoms with van der Waals surface area (Å²) in [5, 5.41) is 3.17. The molecule has 78 valence electrons. The molecule has 0 saturated heterocycles. The topological polar surface area (TPSA) is 29.9 Å². The van der Waals surface area contributed by atoms with E-state index < -0.39 is 0 Å². The van der Waals surface area contributed by atoms with E-state index in [0.717, 1.165) is 19.5 Å². The number of rotatable bonds is 5. The monoisotopic (exact) mass is 193 g/mol. The molecule has 0 aliphatic carbocycles. The van der Waals surface area contributed by atoms with Crippen molar-refractivity contribution in [1.82, 2.24) is 14.9 Å². The third kappa shape index (κ3) is 2.70. The average Bonchev–Trinajstić information content (AvgIpc) is 2.64. The molecule has 3 heteroatoms. The Labute approximate surface area is 85.8 Å². The average molecular weight is 193 g/mol. The molecule has 1 aromatic heterocycles. The minimum Gasteiger partial charge on any atom is -0.331 e. The van der Waals surface area contributed by atoms with Crippen LogP contribution in [-0.2, 0) is 6.54 Å². The molecule has 14 heavy (non-hydrogen) atoms. The van der Waals surface area contributed by atoms with E-state index in [1.54, 1.807) is 0 Å². The van der Waals surface area contributed by atoms with E-state index in [9.17, 15) is 0 Å². The number of hydrogen-bond donors (Lipinski definition) is 1. The lowest BCUT2D eigenvalue weighted by Gasteiger charge is -2.05. The Morgan fingerprint density at radius 3 is 2.93 bits per heavy atom. The Bertz CT molecular complexity index is 299. The van der Waals surface area contributed by atoms with Crippen molar-refractivity contribution in [1.29, 1.82) is 0 Å². The highest BCUT2D eigenvalue weighted by Crippen LogP contribution is 2.08. The van der Waals surface area contributed by atoms with Gasteiger partial charge in [0, 0.05) is 13.1 Å². The summed E-state index contributed by atoms with van der Waals surface area (Å²) in [6.45, 7) is 6.23. The van der Waals surface area contributed by atoms with Crippen LogP contribution in [0.4, 0.5) is 0 Å². The Kier molecular flexibility index (Phi) is 4.40.